The molecule has 1 aromatic rings. The highest BCUT2D eigenvalue weighted by atomic mass is 32.2. The topological polar surface area (TPSA) is 126 Å². The van der Waals surface area contributed by atoms with Gasteiger partial charge in [0.15, 0.2) is 5.84 Å². The van der Waals surface area contributed by atoms with Crippen molar-refractivity contribution in [2.45, 2.75) is 0 Å². The van der Waals surface area contributed by atoms with Crippen molar-refractivity contribution in [3.8, 4) is 0 Å². The molecule has 0 heterocycles. The second-order valence-electron chi connectivity index (χ2n) is 3.52. The number of anilines is 1. The molecule has 0 saturated heterocycles. The molecule has 1 aromatic carbocycles. The van der Waals surface area contributed by atoms with E-state index < -0.39 is 10.2 Å². The summed E-state index contributed by atoms with van der Waals surface area (Å²) in [4.78, 5) is 0. The molecule has 0 unspecified atom stereocenters. The summed E-state index contributed by atoms with van der Waals surface area (Å²) in [5.74, 6) is -0.185. The number of hydrogen-bond donors (Lipinski definition) is 4. The quantitative estimate of drug-likeness (QED) is 0.180. The first-order chi connectivity index (χ1) is 9.00. The van der Waals surface area contributed by atoms with Gasteiger partial charge in [-0.05, 0) is 12.1 Å². The Bertz CT molecular complexity index is 544. The van der Waals surface area contributed by atoms with E-state index in [9.17, 15) is 8.42 Å². The van der Waals surface area contributed by atoms with Crippen LogP contribution in [0.2, 0.25) is 0 Å². The number of nitrogens with one attached hydrogen (secondary N) is 2. The zero-order chi connectivity index (χ0) is 14.3. The average molecular weight is 288 g/mol. The SMILES string of the molecule is COCCNS(=O)(=O)Nc1ccccc1/C(N)=N/O. The highest BCUT2D eigenvalue weighted by Gasteiger charge is 2.13. The third kappa shape index (κ3) is 4.73. The first-order valence-corrected chi connectivity index (χ1v) is 6.81. The Balaban J connectivity index is 2.87. The fraction of sp³-hybridized carbons (Fsp3) is 0.300. The summed E-state index contributed by atoms with van der Waals surface area (Å²) < 4.78 is 32.8. The molecule has 0 fully saturated rings. The second kappa shape index (κ2) is 6.92. The summed E-state index contributed by atoms with van der Waals surface area (Å²) in [7, 11) is -2.28. The lowest BCUT2D eigenvalue weighted by Crippen LogP contribution is -2.33. The molecule has 1 rings (SSSR count). The van der Waals surface area contributed by atoms with Crippen LogP contribution in [0.25, 0.3) is 0 Å². The summed E-state index contributed by atoms with van der Waals surface area (Å²) >= 11 is 0. The molecule has 9 heteroatoms. The molecule has 0 saturated carbocycles. The van der Waals surface area contributed by atoms with Gasteiger partial charge in [-0.3, -0.25) is 4.72 Å². The van der Waals surface area contributed by atoms with E-state index in [1.54, 1.807) is 12.1 Å². The molecule has 0 atom stereocenters. The number of para-hydroxylation sites is 1. The summed E-state index contributed by atoms with van der Waals surface area (Å²) in [5, 5.41) is 11.5. The number of oxime groups is 1. The van der Waals surface area contributed by atoms with Crippen LogP contribution in [0.4, 0.5) is 5.69 Å². The van der Waals surface area contributed by atoms with Crippen molar-refractivity contribution >= 4 is 21.7 Å². The molecule has 0 aliphatic carbocycles. The third-order valence-electron chi connectivity index (χ3n) is 2.15. The lowest BCUT2D eigenvalue weighted by molar-refractivity contribution is 0.204. The predicted molar refractivity (Wildman–Crippen MR) is 71.4 cm³/mol. The number of benzene rings is 1. The predicted octanol–water partition coefficient (Wildman–Crippen LogP) is -0.326. The first kappa shape index (κ1) is 15.2. The standard InChI is InChI=1S/C10H16N4O4S/c1-18-7-6-12-19(16,17)14-9-5-3-2-4-8(9)10(11)13-15/h2-5,12,14-15H,6-7H2,1H3,(H2,11,13). The fourth-order valence-corrected chi connectivity index (χ4v) is 2.20. The zero-order valence-electron chi connectivity index (χ0n) is 10.3. The van der Waals surface area contributed by atoms with Crippen LogP contribution in [0.3, 0.4) is 0 Å². The Hall–Kier alpha value is -1.84. The Morgan fingerprint density at radius 2 is 2.16 bits per heavy atom. The van der Waals surface area contributed by atoms with Crippen LogP contribution in [0.1, 0.15) is 5.56 Å². The Morgan fingerprint density at radius 1 is 1.47 bits per heavy atom. The van der Waals surface area contributed by atoms with Crippen LogP contribution in [0.5, 0.6) is 0 Å². The molecule has 0 bridgehead atoms. The molecule has 0 aliphatic heterocycles. The van der Waals surface area contributed by atoms with E-state index in [1.807, 2.05) is 0 Å². The minimum absolute atomic E-state index is 0.136. The van der Waals surface area contributed by atoms with E-state index >= 15 is 0 Å². The lowest BCUT2D eigenvalue weighted by Gasteiger charge is -2.12. The number of nitrogens with two attached hydrogens (primary N) is 1. The van der Waals surface area contributed by atoms with Crippen LogP contribution in [0, 0.1) is 0 Å². The minimum Gasteiger partial charge on any atom is -0.409 e. The van der Waals surface area contributed by atoms with Crippen molar-refractivity contribution in [2.24, 2.45) is 10.9 Å². The molecule has 5 N–H and O–H groups in total. The normalized spacial score (nSPS) is 12.4. The van der Waals surface area contributed by atoms with E-state index in [4.69, 9.17) is 15.7 Å². The molecule has 0 spiro atoms. The third-order valence-corrected chi connectivity index (χ3v) is 3.23. The summed E-state index contributed by atoms with van der Waals surface area (Å²) in [5.41, 5.74) is 5.95. The molecule has 0 amide bonds. The van der Waals surface area contributed by atoms with E-state index in [1.165, 1.54) is 19.2 Å². The van der Waals surface area contributed by atoms with Gasteiger partial charge in [0.2, 0.25) is 0 Å². The molecule has 0 aliphatic rings. The van der Waals surface area contributed by atoms with Crippen molar-refractivity contribution in [3.05, 3.63) is 29.8 Å². The van der Waals surface area contributed by atoms with Gasteiger partial charge < -0.3 is 15.7 Å². The van der Waals surface area contributed by atoms with Gasteiger partial charge in [-0.15, -0.1) is 0 Å². The highest BCUT2D eigenvalue weighted by Crippen LogP contribution is 2.15. The van der Waals surface area contributed by atoms with Gasteiger partial charge in [-0.2, -0.15) is 13.1 Å². The van der Waals surface area contributed by atoms with Crippen molar-refractivity contribution in [3.63, 3.8) is 0 Å². The minimum atomic E-state index is -3.74. The molecule has 8 nitrogen and oxygen atoms in total. The van der Waals surface area contributed by atoms with Crippen LogP contribution in [-0.4, -0.2) is 39.7 Å². The van der Waals surface area contributed by atoms with Crippen LogP contribution >= 0.6 is 0 Å². The van der Waals surface area contributed by atoms with Gasteiger partial charge in [0, 0.05) is 19.2 Å². The molecule has 19 heavy (non-hydrogen) atoms. The van der Waals surface area contributed by atoms with Crippen molar-refractivity contribution < 1.29 is 18.4 Å². The van der Waals surface area contributed by atoms with E-state index in [-0.39, 0.29) is 30.2 Å². The number of nitrogens with zero attached hydrogens (tertiary/aromatic N) is 1. The van der Waals surface area contributed by atoms with Crippen molar-refractivity contribution in [1.82, 2.24) is 4.72 Å². The summed E-state index contributed by atoms with van der Waals surface area (Å²) in [6.45, 7) is 0.389. The summed E-state index contributed by atoms with van der Waals surface area (Å²) in [6, 6.07) is 6.30. The summed E-state index contributed by atoms with van der Waals surface area (Å²) in [6.07, 6.45) is 0. The zero-order valence-corrected chi connectivity index (χ0v) is 11.1. The van der Waals surface area contributed by atoms with E-state index in [0.717, 1.165) is 0 Å². The number of hydrogen-bond acceptors (Lipinski definition) is 5. The number of amidine groups is 1. The van der Waals surface area contributed by atoms with Gasteiger partial charge in [0.1, 0.15) is 0 Å². The first-order valence-electron chi connectivity index (χ1n) is 5.33. The number of ether oxygens (including phenoxy) is 1. The molecule has 0 radical (unpaired) electrons. The lowest BCUT2D eigenvalue weighted by atomic mass is 10.2. The van der Waals surface area contributed by atoms with Crippen molar-refractivity contribution in [1.29, 1.82) is 0 Å². The van der Waals surface area contributed by atoms with Gasteiger partial charge >= 0.3 is 0 Å². The smallest absolute Gasteiger partial charge is 0.299 e. The molecular formula is C10H16N4O4S. The maximum absolute atomic E-state index is 11.7. The maximum atomic E-state index is 11.7. The van der Waals surface area contributed by atoms with Crippen LogP contribution < -0.4 is 15.2 Å². The van der Waals surface area contributed by atoms with Crippen LogP contribution in [0.15, 0.2) is 29.4 Å². The fourth-order valence-electron chi connectivity index (χ4n) is 1.31. The largest absolute Gasteiger partial charge is 0.409 e. The van der Waals surface area contributed by atoms with Gasteiger partial charge in [0.25, 0.3) is 10.2 Å². The molecular weight excluding hydrogens is 272 g/mol. The molecule has 106 valence electrons. The monoisotopic (exact) mass is 288 g/mol. The van der Waals surface area contributed by atoms with E-state index in [2.05, 4.69) is 14.6 Å². The average Bonchev–Trinajstić information content (AvgIpc) is 2.38. The highest BCUT2D eigenvalue weighted by molar-refractivity contribution is 7.90. The Morgan fingerprint density at radius 3 is 2.79 bits per heavy atom. The second-order valence-corrected chi connectivity index (χ2v) is 5.02. The Labute approximate surface area is 111 Å². The molecule has 0 aromatic heterocycles. The number of methoxy groups -OCH3 is 1. The number of rotatable bonds is 7. The van der Waals surface area contributed by atoms with Crippen LogP contribution in [-0.2, 0) is 14.9 Å². The van der Waals surface area contributed by atoms with Crippen molar-refractivity contribution in [2.75, 3.05) is 25.0 Å². The Kier molecular flexibility index (Phi) is 5.55. The van der Waals surface area contributed by atoms with E-state index in [0.29, 0.717) is 0 Å². The van der Waals surface area contributed by atoms with Gasteiger partial charge in [-0.1, -0.05) is 17.3 Å². The maximum Gasteiger partial charge on any atom is 0.299 e. The van der Waals surface area contributed by atoms with Gasteiger partial charge in [-0.25, -0.2) is 0 Å². The van der Waals surface area contributed by atoms with Gasteiger partial charge in [0.05, 0.1) is 12.3 Å².